The summed E-state index contributed by atoms with van der Waals surface area (Å²) < 4.78 is 0. The Morgan fingerprint density at radius 1 is 0.393 bits per heavy atom. The van der Waals surface area contributed by atoms with Gasteiger partial charge in [-0.2, -0.15) is 11.1 Å². The summed E-state index contributed by atoms with van der Waals surface area (Å²) in [5, 5.41) is 114. The SMILES string of the molecule is C.C.C#CC#CC#CC#CC#CC#CC#CC#CC#C.C#CC#CC#CC#CC#CC#CC#CC#CC#C.C[C@@H](O)[C@H](N)C(=O)N1CCC[C@H]1C(=O)N1CCC[C@H]1C(=O)N[C@H](C(N)=O)[C@@H](C)O.C[C@@H](O)[C@H](N)C(=O)N1CCC[C@H]1C(=O)N1CCC[C@H]1C(=O)N[C@H](C(N)=O)[C@@H](C)O.N=N/N=N/N(OOOO)OOOO.N=N/N=N/N(OOOO)OOOO.[HH].[HH].[HH].[HH].[HH].[HH].[HH].[HH].[HH].[HH].[HH].[HH].[HH].[HH].[HH].[HH].[HH].[HH].[HH].[HH].[HH].[HH].[HH].[HH].[HH].[HH].[HH].[HH]. The molecule has 0 spiro atoms. The van der Waals surface area contributed by atoms with Crippen LogP contribution in [0.5, 0.6) is 0 Å². The fraction of sp³-hybridized carbons (Fsp3) is 0.405. The number of nitrogens with two attached hydrogens (primary N) is 4. The molecule has 4 heterocycles. The standard InChI is InChI=1S/2C18H31N5O6.2C18H2.2CH4.2H3N5O8.28H2/c2*1-9(24)13(19)18(29)23-8-4-6-12(23)17(28)22-7-3-5-11(22)16(27)21-14(10(2)25)15(20)26;2*1-3-5-7-9-11-13-15-17-18-16-14-12-10-8-6-4-2;;;2*1-2-3-4-5(8-12-10-6)9-13-11-7;;;;;;;;;;;;;;;;;;;;;;;;;;;;/h2*9-14,24-25H,3-8,19H2,1-2H3,(H2,20,26)(H,21,27);2*1-2H;2*1H4;2*1,6-7H;28*1H/b;;;;;;2*2-1?,4-3+;;;;;;;;;;;;;;;;;;;;;;;;;;;;/t2*9-,10-,11+,12+,13+,14+;;;;;;;;;;;;;;;;;;;;;;;;;;;;;;;;;;/m11................................../s1. The monoisotopic (exact) mass is 1750 g/mol. The third kappa shape index (κ3) is 49.8. The number of hydrogen-bond donors (Lipinski definition) is 16. The predicted molar refractivity (Wildman–Crippen MR) is 468 cm³/mol. The first kappa shape index (κ1) is 113. The Hall–Kier alpha value is -15.0. The lowest BCUT2D eigenvalue weighted by Gasteiger charge is -2.33. The number of nitrogens with one attached hydrogen (secondary N) is 4. The molecule has 20 N–H and O–H groups in total. The van der Waals surface area contributed by atoms with E-state index >= 15 is 0 Å². The molecule has 122 heavy (non-hydrogen) atoms. The minimum absolute atomic E-state index is 0. The maximum absolute atomic E-state index is 13.1. The molecule has 700 valence electrons. The van der Waals surface area contributed by atoms with Crippen LogP contribution in [0.25, 0.3) is 0 Å². The maximum Gasteiger partial charge on any atom is 0.246 e. The molecule has 0 aliphatic carbocycles. The van der Waals surface area contributed by atoms with E-state index in [4.69, 9.17) is 80.7 Å². The van der Waals surface area contributed by atoms with Crippen LogP contribution < -0.4 is 33.6 Å². The first-order valence-corrected chi connectivity index (χ1v) is 32.9. The number of carbonyl (C=O) groups is 8. The summed E-state index contributed by atoms with van der Waals surface area (Å²) >= 11 is 0. The van der Waals surface area contributed by atoms with E-state index in [0.717, 1.165) is 0 Å². The number of nitrogens with zero attached hydrogens (tertiary/aromatic N) is 12. The van der Waals surface area contributed by atoms with Gasteiger partial charge in [-0.1, -0.05) is 14.9 Å². The Morgan fingerprint density at radius 2 is 0.607 bits per heavy atom. The van der Waals surface area contributed by atoms with Gasteiger partial charge >= 0.3 is 0 Å². The number of rotatable bonds is 30. The number of amides is 8. The molecular weight excluding hydrogens is 1620 g/mol. The van der Waals surface area contributed by atoms with E-state index in [0.29, 0.717) is 77.5 Å². The highest BCUT2D eigenvalue weighted by Gasteiger charge is 2.46. The topological polar surface area (TPSA) is 679 Å². The molecular formula is C74H136N20O28. The van der Waals surface area contributed by atoms with Crippen molar-refractivity contribution >= 4 is 47.3 Å². The van der Waals surface area contributed by atoms with Crippen LogP contribution in [0.4, 0.5) is 0 Å². The Morgan fingerprint density at radius 3 is 0.795 bits per heavy atom. The molecule has 48 nitrogen and oxygen atoms in total. The normalized spacial score (nSPS) is 15.7. The zero-order valence-corrected chi connectivity index (χ0v) is 63.1. The molecule has 12 atom stereocenters. The molecule has 4 fully saturated rings. The van der Waals surface area contributed by atoms with Gasteiger partial charge in [0.15, 0.2) is 0 Å². The van der Waals surface area contributed by atoms with Crippen molar-refractivity contribution in [3.63, 3.8) is 0 Å². The summed E-state index contributed by atoms with van der Waals surface area (Å²) in [4.78, 5) is 120. The van der Waals surface area contributed by atoms with Crippen LogP contribution in [0.2, 0.25) is 0 Å². The largest absolute Gasteiger partial charge is 0.391 e. The van der Waals surface area contributed by atoms with Gasteiger partial charge in [-0.15, -0.1) is 25.7 Å². The maximum atomic E-state index is 13.1. The van der Waals surface area contributed by atoms with Gasteiger partial charge in [0, 0.05) is 76.6 Å². The molecule has 4 aliphatic rings. The average molecular weight is 1750 g/mol. The van der Waals surface area contributed by atoms with Crippen LogP contribution in [-0.4, -0.2) is 218 Å². The lowest BCUT2D eigenvalue weighted by Crippen LogP contribution is -2.58. The van der Waals surface area contributed by atoms with Gasteiger partial charge in [-0.25, -0.2) is 21.0 Å². The van der Waals surface area contributed by atoms with Crippen molar-refractivity contribution in [1.82, 2.24) is 40.9 Å². The number of aliphatic hydroxyl groups is 4. The van der Waals surface area contributed by atoms with E-state index in [-0.39, 0.29) is 77.3 Å². The minimum atomic E-state index is -1.26. The van der Waals surface area contributed by atoms with Gasteiger partial charge in [0.25, 0.3) is 0 Å². The number of carbonyl (C=O) groups excluding carboxylic acids is 8. The van der Waals surface area contributed by atoms with Gasteiger partial charge in [0.2, 0.25) is 47.3 Å². The minimum Gasteiger partial charge on any atom is -0.391 e. The second-order valence-corrected chi connectivity index (χ2v) is 21.5. The van der Waals surface area contributed by atoms with E-state index in [1.54, 1.807) is 0 Å². The molecule has 48 heteroatoms. The van der Waals surface area contributed by atoms with Gasteiger partial charge < -0.3 is 73.6 Å². The summed E-state index contributed by atoms with van der Waals surface area (Å²) in [6.07, 6.45) is 19.2. The van der Waals surface area contributed by atoms with E-state index in [2.05, 4.69) is 292 Å². The number of aliphatic hydroxyl groups excluding tert-OH is 4. The Bertz CT molecular complexity index is 4350. The van der Waals surface area contributed by atoms with Crippen molar-refractivity contribution in [3.8, 4) is 215 Å². The van der Waals surface area contributed by atoms with Gasteiger partial charge in [0.1, 0.15) is 48.3 Å². The summed E-state index contributed by atoms with van der Waals surface area (Å²) in [5.41, 5.74) is 34.2. The molecule has 0 saturated carbocycles. The molecule has 4 rings (SSSR count). The first-order valence-electron chi connectivity index (χ1n) is 32.9. The highest BCUT2D eigenvalue weighted by Crippen LogP contribution is 2.28. The molecule has 0 radical (unpaired) electrons. The molecule has 0 aromatic carbocycles. The van der Waals surface area contributed by atoms with E-state index in [1.807, 2.05) is 0 Å². The zero-order chi connectivity index (χ0) is 90.3. The summed E-state index contributed by atoms with van der Waals surface area (Å²) in [5.74, 6) is 71.9. The van der Waals surface area contributed by atoms with Crippen molar-refractivity contribution < 1.29 is 180 Å². The van der Waals surface area contributed by atoms with Crippen LogP contribution in [0.1, 0.15) is 134 Å². The van der Waals surface area contributed by atoms with Crippen molar-refractivity contribution in [1.29, 1.82) is 11.1 Å². The van der Waals surface area contributed by atoms with Crippen LogP contribution in [0.3, 0.4) is 0 Å². The third-order valence-corrected chi connectivity index (χ3v) is 13.8. The Kier molecular flexibility index (Phi) is 67.2. The van der Waals surface area contributed by atoms with E-state index in [1.165, 1.54) is 47.3 Å². The van der Waals surface area contributed by atoms with E-state index in [9.17, 15) is 58.8 Å². The second-order valence-electron chi connectivity index (χ2n) is 21.5. The smallest absolute Gasteiger partial charge is 0.246 e. The van der Waals surface area contributed by atoms with Gasteiger partial charge in [0.05, 0.1) is 35.1 Å². The highest BCUT2D eigenvalue weighted by atomic mass is 17.7. The molecule has 0 unspecified atom stereocenters. The summed E-state index contributed by atoms with van der Waals surface area (Å²) in [6, 6.07) is -7.87. The van der Waals surface area contributed by atoms with Crippen LogP contribution in [-0.2, 0) is 98.6 Å². The fourth-order valence-electron chi connectivity index (χ4n) is 8.96. The molecule has 4 aliphatic heterocycles. The Balaban J connectivity index is -0.0000000365. The van der Waals surface area contributed by atoms with Gasteiger partial charge in [-0.3, -0.25) is 38.4 Å². The zero-order valence-electron chi connectivity index (χ0n) is 63.1. The van der Waals surface area contributed by atoms with Crippen molar-refractivity contribution in [2.24, 2.45) is 54.3 Å². The fourth-order valence-corrected chi connectivity index (χ4v) is 8.96. The summed E-state index contributed by atoms with van der Waals surface area (Å²) in [6.45, 7) is 6.88. The summed E-state index contributed by atoms with van der Waals surface area (Å²) in [7, 11) is 0. The van der Waals surface area contributed by atoms with Crippen LogP contribution in [0.15, 0.2) is 31.3 Å². The van der Waals surface area contributed by atoms with Crippen molar-refractivity contribution in [2.75, 3.05) is 26.2 Å². The lowest BCUT2D eigenvalue weighted by molar-refractivity contribution is -0.764. The Labute approximate surface area is 740 Å². The first-order chi connectivity index (χ1) is 57.6. The number of primary amides is 2. The number of hydrogen-bond acceptors (Lipinski definition) is 34. The van der Waals surface area contributed by atoms with Gasteiger partial charge in [-0.05, 0) is 350 Å². The molecule has 0 bridgehead atoms. The number of terminal acetylenes is 4. The highest BCUT2D eigenvalue weighted by molar-refractivity contribution is 5.97. The lowest BCUT2D eigenvalue weighted by atomic mass is 10.1. The average Bonchev–Trinajstić information content (AvgIpc) is 1.66. The molecule has 8 amide bonds. The van der Waals surface area contributed by atoms with Crippen molar-refractivity contribution in [3.05, 3.63) is 0 Å². The molecule has 0 aromatic heterocycles. The molecule has 4 saturated heterocycles. The van der Waals surface area contributed by atoms with Crippen LogP contribution >= 0.6 is 0 Å². The van der Waals surface area contributed by atoms with Crippen LogP contribution in [0, 0.1) is 226 Å². The second kappa shape index (κ2) is 72.4. The van der Waals surface area contributed by atoms with Crippen molar-refractivity contribution in [2.45, 2.75) is 167 Å². The third-order valence-electron chi connectivity index (χ3n) is 13.8. The number of likely N-dealkylation sites (tertiary alicyclic amines) is 4. The quantitative estimate of drug-likeness (QED) is 0.0213. The van der Waals surface area contributed by atoms with E-state index < -0.39 is 108 Å². The molecule has 0 aromatic rings. The predicted octanol–water partition coefficient (Wildman–Crippen LogP) is 3.04.